The maximum Gasteiger partial charge on any atom is 0.229 e. The van der Waals surface area contributed by atoms with Crippen molar-refractivity contribution in [3.63, 3.8) is 0 Å². The number of rotatable bonds is 32. The van der Waals surface area contributed by atoms with Crippen LogP contribution in [0.4, 0.5) is 17.8 Å². The Kier molecular flexibility index (Phi) is 46.0. The van der Waals surface area contributed by atoms with Crippen LogP contribution < -0.4 is 16.0 Å². The molecular formula is C68H145N7. The van der Waals surface area contributed by atoms with Crippen LogP contribution in [0.15, 0.2) is 0 Å². The average molecular weight is 1060 g/mol. The minimum Gasteiger partial charge on any atom is -0.352 e. The van der Waals surface area contributed by atoms with Crippen LogP contribution in [0.5, 0.6) is 0 Å². The van der Waals surface area contributed by atoms with Gasteiger partial charge < -0.3 is 20.9 Å². The van der Waals surface area contributed by atoms with Gasteiger partial charge in [0, 0.05) is 37.8 Å². The summed E-state index contributed by atoms with van der Waals surface area (Å²) >= 11 is 0. The molecule has 0 aliphatic heterocycles. The van der Waals surface area contributed by atoms with Gasteiger partial charge in [-0.05, 0) is 199 Å². The van der Waals surface area contributed by atoms with Crippen LogP contribution in [0.3, 0.4) is 0 Å². The van der Waals surface area contributed by atoms with E-state index in [-0.39, 0.29) is 18.1 Å². The predicted molar refractivity (Wildman–Crippen MR) is 346 cm³/mol. The molecule has 0 radical (unpaired) electrons. The zero-order valence-electron chi connectivity index (χ0n) is 57.8. The first-order chi connectivity index (χ1) is 34.1. The molecule has 3 N–H and O–H groups in total. The molecule has 0 aromatic carbocycles. The first-order valence-corrected chi connectivity index (χ1v) is 31.9. The Hall–Kier alpha value is -1.63. The fourth-order valence-corrected chi connectivity index (χ4v) is 12.6. The number of hydrogen-bond donors (Lipinski definition) is 3. The van der Waals surface area contributed by atoms with Gasteiger partial charge in [-0.1, -0.05) is 187 Å². The second-order valence-corrected chi connectivity index (χ2v) is 30.9. The summed E-state index contributed by atoms with van der Waals surface area (Å²) < 4.78 is 0. The molecule has 1 heterocycles. The molecule has 0 fully saturated rings. The Balaban J connectivity index is -0.000000423. The maximum absolute atomic E-state index is 4.34. The monoisotopic (exact) mass is 1060 g/mol. The van der Waals surface area contributed by atoms with Crippen molar-refractivity contribution in [3.05, 3.63) is 0 Å². The van der Waals surface area contributed by atoms with Crippen molar-refractivity contribution in [2.45, 2.75) is 311 Å². The lowest BCUT2D eigenvalue weighted by molar-refractivity contribution is 0.111. The molecule has 0 aliphatic carbocycles. The first-order valence-electron chi connectivity index (χ1n) is 31.9. The summed E-state index contributed by atoms with van der Waals surface area (Å²) in [5.41, 5.74) is 1.15. The molecule has 7 nitrogen and oxygen atoms in total. The lowest BCUT2D eigenvalue weighted by atomic mass is 9.65. The zero-order valence-corrected chi connectivity index (χ0v) is 57.8. The van der Waals surface area contributed by atoms with Gasteiger partial charge in [0.15, 0.2) is 0 Å². The molecule has 1 rings (SSSR count). The molecule has 452 valence electrons. The highest BCUT2D eigenvalue weighted by Crippen LogP contribution is 2.45. The summed E-state index contributed by atoms with van der Waals surface area (Å²) in [4.78, 5) is 15.6. The molecular weight excluding hydrogens is 915 g/mol. The van der Waals surface area contributed by atoms with E-state index in [9.17, 15) is 0 Å². The van der Waals surface area contributed by atoms with Crippen LogP contribution in [0.25, 0.3) is 0 Å². The van der Waals surface area contributed by atoms with Gasteiger partial charge in [-0.3, -0.25) is 0 Å². The van der Waals surface area contributed by atoms with E-state index in [1.54, 1.807) is 0 Å². The van der Waals surface area contributed by atoms with Crippen molar-refractivity contribution in [2.75, 3.05) is 35.6 Å². The molecule has 0 spiro atoms. The van der Waals surface area contributed by atoms with Crippen molar-refractivity contribution in [1.29, 1.82) is 0 Å². The third kappa shape index (κ3) is 54.1. The van der Waals surface area contributed by atoms with Crippen LogP contribution >= 0.6 is 0 Å². The Morgan fingerprint density at radius 1 is 0.293 bits per heavy atom. The van der Waals surface area contributed by atoms with Gasteiger partial charge in [-0.25, -0.2) is 0 Å². The van der Waals surface area contributed by atoms with E-state index in [0.29, 0.717) is 28.7 Å². The van der Waals surface area contributed by atoms with E-state index in [0.717, 1.165) is 82.9 Å². The third-order valence-electron chi connectivity index (χ3n) is 12.2. The fourth-order valence-electron chi connectivity index (χ4n) is 12.6. The quantitative estimate of drug-likeness (QED) is 0.0664. The number of hydrogen-bond acceptors (Lipinski definition) is 7. The summed E-state index contributed by atoms with van der Waals surface area (Å²) in [5.74, 6) is 13.5. The van der Waals surface area contributed by atoms with Gasteiger partial charge in [-0.2, -0.15) is 15.0 Å². The van der Waals surface area contributed by atoms with Crippen LogP contribution in [-0.2, 0) is 0 Å². The average Bonchev–Trinajstić information content (AvgIpc) is 3.10. The number of aromatic nitrogens is 3. The van der Waals surface area contributed by atoms with Crippen molar-refractivity contribution < 1.29 is 0 Å². The molecule has 0 atom stereocenters. The Morgan fingerprint density at radius 2 is 0.493 bits per heavy atom. The molecule has 7 heteroatoms. The van der Waals surface area contributed by atoms with E-state index in [1.165, 1.54) is 83.8 Å². The van der Waals surface area contributed by atoms with Gasteiger partial charge in [-0.15, -0.1) is 0 Å². The fraction of sp³-hybridized carbons (Fsp3) is 0.956. The molecule has 1 aromatic rings. The highest BCUT2D eigenvalue weighted by atomic mass is 15.3. The maximum atomic E-state index is 4.34. The van der Waals surface area contributed by atoms with E-state index in [1.807, 2.05) is 0 Å². The third-order valence-corrected chi connectivity index (χ3v) is 12.2. The highest BCUT2D eigenvalue weighted by Gasteiger charge is 2.33. The molecule has 0 bridgehead atoms. The number of nitrogens with one attached hydrogen (secondary N) is 3. The van der Waals surface area contributed by atoms with Crippen molar-refractivity contribution in [2.24, 2.45) is 93.7 Å². The normalized spacial score (nSPS) is 12.5. The second kappa shape index (κ2) is 43.2. The highest BCUT2D eigenvalue weighted by molar-refractivity contribution is 5.43. The van der Waals surface area contributed by atoms with Crippen molar-refractivity contribution >= 4 is 17.8 Å². The predicted octanol–water partition coefficient (Wildman–Crippen LogP) is 21.6. The molecule has 0 unspecified atom stereocenters. The molecule has 75 heavy (non-hydrogen) atoms. The van der Waals surface area contributed by atoms with E-state index in [2.05, 4.69) is 264 Å². The summed E-state index contributed by atoms with van der Waals surface area (Å²) in [6, 6.07) is 0.851. The molecule has 0 saturated heterocycles. The van der Waals surface area contributed by atoms with Gasteiger partial charge in [0.05, 0.1) is 0 Å². The Labute approximate surface area is 475 Å². The minimum atomic E-state index is 0.284. The largest absolute Gasteiger partial charge is 0.352 e. The second-order valence-electron chi connectivity index (χ2n) is 30.9. The van der Waals surface area contributed by atoms with Crippen LogP contribution in [-0.4, -0.2) is 57.6 Å². The topological polar surface area (TPSA) is 78.0 Å². The van der Waals surface area contributed by atoms with E-state index in [4.69, 9.17) is 0 Å². The van der Waals surface area contributed by atoms with Gasteiger partial charge >= 0.3 is 0 Å². The lowest BCUT2D eigenvalue weighted by Gasteiger charge is -2.40. The standard InChI is InChI=1S/C17H36.C14H30.C13H28.C12H24N6.C12H27N/c1-13(2)9-17(10-14(3)4,11-15(5)6)12-16(7)8;1-11(2)8-14(7,9-12(3)4)10-13(5)6;1-10(2)7-13(8-11(3)4)9-12(5)6;1-7(2)13-10-16-11(14-8(3)4)18-12(17-10)15-9(5)6;1-10(2)7-13(8-11(3)4)9-12(5)6/h13-16H,9-12H2,1-8H3;11-13H,8-10H2,1-7H3;10-13H,7-9H2,1-6H3;7-9H,1-6H3,(H3,13,14,15,16,17,18);10-12H,7-9H2,1-6H3. The Morgan fingerprint density at radius 3 is 0.640 bits per heavy atom. The lowest BCUT2D eigenvalue weighted by Crippen LogP contribution is -2.34. The van der Waals surface area contributed by atoms with E-state index >= 15 is 0 Å². The molecule has 0 aliphatic rings. The van der Waals surface area contributed by atoms with Gasteiger partial charge in [0.1, 0.15) is 0 Å². The van der Waals surface area contributed by atoms with E-state index < -0.39 is 0 Å². The molecule has 0 amide bonds. The van der Waals surface area contributed by atoms with Gasteiger partial charge in [0.25, 0.3) is 0 Å². The summed E-state index contributed by atoms with van der Waals surface area (Å²) in [5, 5.41) is 9.57. The molecule has 1 aromatic heterocycles. The molecule has 0 saturated carbocycles. The number of anilines is 3. The SMILES string of the molecule is CC(C)CC(C)(CC(C)C)CC(C)C.CC(C)CC(CC(C)C)(CC(C)C)CC(C)C.CC(C)CC(CC(C)C)CC(C)C.CC(C)CN(CC(C)C)CC(C)C.CC(C)Nc1nc(NC(C)C)nc(NC(C)C)n1. The van der Waals surface area contributed by atoms with Gasteiger partial charge in [0.2, 0.25) is 17.8 Å². The smallest absolute Gasteiger partial charge is 0.229 e. The number of nitrogens with zero attached hydrogens (tertiary/aromatic N) is 4. The zero-order chi connectivity index (χ0) is 59.6. The summed E-state index contributed by atoms with van der Waals surface area (Å²) in [6.07, 6.45) is 14.0. The van der Waals surface area contributed by atoms with Crippen LogP contribution in [0.2, 0.25) is 0 Å². The minimum absolute atomic E-state index is 0.284. The first kappa shape index (κ1) is 79.9. The van der Waals surface area contributed by atoms with Crippen molar-refractivity contribution in [3.8, 4) is 0 Å². The van der Waals surface area contributed by atoms with Crippen molar-refractivity contribution in [1.82, 2.24) is 19.9 Å². The summed E-state index contributed by atoms with van der Waals surface area (Å²) in [7, 11) is 0. The summed E-state index contributed by atoms with van der Waals surface area (Å²) in [6.45, 7) is 79.5. The van der Waals surface area contributed by atoms with Crippen LogP contribution in [0.1, 0.15) is 293 Å². The van der Waals surface area contributed by atoms with Crippen LogP contribution in [0, 0.1) is 93.7 Å². The Bertz CT molecular complexity index is 1200.